The first-order chi connectivity index (χ1) is 59.0. The summed E-state index contributed by atoms with van der Waals surface area (Å²) >= 11 is 0. The zero-order valence-corrected chi connectivity index (χ0v) is 84.9. The van der Waals surface area contributed by atoms with Crippen LogP contribution < -0.4 is 157 Å². The molecular formula is C93H119Cs2O28-. The van der Waals surface area contributed by atoms with Crippen LogP contribution in [0, 0.1) is 13.8 Å². The van der Waals surface area contributed by atoms with Gasteiger partial charge in [0.2, 0.25) is 0 Å². The van der Waals surface area contributed by atoms with Crippen molar-refractivity contribution in [3.8, 4) is 61.8 Å². The minimum atomic E-state index is -1.38. The number of benzene rings is 8. The van der Waals surface area contributed by atoms with E-state index in [2.05, 4.69) is 98.1 Å². The standard InChI is InChI=1S/C93H119O27.2Cs.H2O/c1-68-6-14-80-81-15-10-70(75-60-83(71-11-16-89(76(57-71)64-97)118-51-48-112-39-36-106-27-24-100-3)85-55-69(2)54-82(86(85)61-75)72-7-8-74(84(59-72)92(98)99)66-116-46-43-110-34-31-104-22-19-95)62-88(81)93(87(80)56-68,78-12-9-73(65-115-45-42-109-33-30-103-21-18-94)77(58-78)67-117-47-44-111-35-32-105-23-20-96)79-13-17-90(119-52-49-113-40-37-107-28-25-101-4)91(63-79)120-53-50-114-41-38-108-29-26-102-5;;;/h6-17,54-63,94-96H,18-53,65-67H2,1-5H3,(H,98,99);;;1H2/q-1;2*+1;/p-2. The summed E-state index contributed by atoms with van der Waals surface area (Å²) in [6.07, 6.45) is 2.15. The largest absolute Gasteiger partial charge is 1.00 e. The fourth-order valence-corrected chi connectivity index (χ4v) is 13.8. The molecule has 30 heteroatoms. The molecule has 0 saturated heterocycles. The molecule has 1 unspecified atom stereocenters. The van der Waals surface area contributed by atoms with Gasteiger partial charge >= 0.3 is 138 Å². The molecule has 8 aromatic rings. The maximum absolute atomic E-state index is 13.3. The summed E-state index contributed by atoms with van der Waals surface area (Å²) in [5.74, 6) is -0.130. The van der Waals surface area contributed by atoms with Crippen molar-refractivity contribution in [1.29, 1.82) is 0 Å². The van der Waals surface area contributed by atoms with Gasteiger partial charge in [0.05, 0.1) is 262 Å². The van der Waals surface area contributed by atoms with Gasteiger partial charge in [-0.25, -0.2) is 0 Å². The van der Waals surface area contributed by atoms with Crippen LogP contribution >= 0.6 is 0 Å². The third-order valence-electron chi connectivity index (χ3n) is 19.5. The molecule has 0 aromatic heterocycles. The Morgan fingerprint density at radius 2 is 0.707 bits per heavy atom. The molecule has 8 aromatic carbocycles. The van der Waals surface area contributed by atoms with Gasteiger partial charge in [-0.05, 0) is 144 Å². The molecule has 28 nitrogen and oxygen atoms in total. The number of ether oxygens (including phenoxy) is 21. The second-order valence-electron chi connectivity index (χ2n) is 27.8. The van der Waals surface area contributed by atoms with E-state index >= 15 is 0 Å². The average Bonchev–Trinajstić information content (AvgIpc) is 1.53. The second-order valence-corrected chi connectivity index (χ2v) is 27.8. The van der Waals surface area contributed by atoms with Crippen LogP contribution in [0.15, 0.2) is 133 Å². The number of aliphatic hydroxyl groups excluding tert-OH is 3. The number of aromatic carboxylic acids is 1. The molecule has 662 valence electrons. The predicted octanol–water partition coefficient (Wildman–Crippen LogP) is 3.27. The van der Waals surface area contributed by atoms with Gasteiger partial charge in [-0.3, -0.25) is 0 Å². The van der Waals surface area contributed by atoms with Crippen LogP contribution in [0.25, 0.3) is 55.3 Å². The molecule has 0 bridgehead atoms. The molecule has 0 fully saturated rings. The first kappa shape index (κ1) is 108. The van der Waals surface area contributed by atoms with Crippen LogP contribution in [-0.2, 0) is 115 Å². The van der Waals surface area contributed by atoms with Gasteiger partial charge in [-0.2, -0.15) is 0 Å². The number of carboxylic acid groups (broad SMARTS) is 1. The molecule has 1 aliphatic rings. The number of carbonyl (C=O) groups is 1. The zero-order chi connectivity index (χ0) is 84.6. The fraction of sp³-hybridized carbons (Fsp3) is 0.484. The summed E-state index contributed by atoms with van der Waals surface area (Å²) in [6.45, 7) is 14.3. The van der Waals surface area contributed by atoms with E-state index in [1.807, 2.05) is 31.2 Å². The first-order valence-corrected chi connectivity index (χ1v) is 40.8. The Balaban J connectivity index is 0.00000780. The maximum atomic E-state index is 13.3. The Labute approximate surface area is 840 Å². The summed E-state index contributed by atoms with van der Waals surface area (Å²) in [6, 6.07) is 44.8. The molecule has 9 rings (SSSR count). The van der Waals surface area contributed by atoms with Crippen LogP contribution in [0.4, 0.5) is 0 Å². The van der Waals surface area contributed by atoms with E-state index in [1.165, 1.54) is 0 Å². The van der Waals surface area contributed by atoms with Gasteiger partial charge in [-0.15, -0.1) is 11.6 Å². The SMILES string of the molecule is COCCOCCOCCOc1ccc(-c2cc(-c3ccc4c(c3)C(c3ccc(COCCOCCOCCO)c(COCCOCCOCCO)c3)(c3ccc(OCCOCCOCCOC)c(OCCOCCOCCOC)c3)c3cc(C)ccc3-4)cc3c(-c4ccc(COCCOCCOCCO)c(C(=O)[O-])c4)cc(C)cc23)cc1[C-]=O.[Cs+].[Cs+].[OH-]. The Morgan fingerprint density at radius 3 is 1.21 bits per heavy atom. The van der Waals surface area contributed by atoms with Crippen molar-refractivity contribution in [2.75, 3.05) is 259 Å². The third-order valence-corrected chi connectivity index (χ3v) is 19.5. The van der Waals surface area contributed by atoms with E-state index in [0.29, 0.717) is 159 Å². The van der Waals surface area contributed by atoms with Gasteiger partial charge in [0.1, 0.15) is 13.2 Å². The summed E-state index contributed by atoms with van der Waals surface area (Å²) in [5, 5.41) is 42.5. The fourth-order valence-electron chi connectivity index (χ4n) is 13.8. The van der Waals surface area contributed by atoms with Crippen molar-refractivity contribution in [3.05, 3.63) is 195 Å². The maximum Gasteiger partial charge on any atom is 1.00 e. The van der Waals surface area contributed by atoms with Gasteiger partial charge in [0.15, 0.2) is 11.5 Å². The van der Waals surface area contributed by atoms with Gasteiger partial charge < -0.3 is 135 Å². The van der Waals surface area contributed by atoms with Crippen LogP contribution in [0.1, 0.15) is 66.0 Å². The number of fused-ring (bicyclic) bond motifs is 4. The molecule has 1 aliphatic carbocycles. The molecule has 0 aliphatic heterocycles. The number of aliphatic hydroxyl groups is 3. The van der Waals surface area contributed by atoms with Crippen molar-refractivity contribution < 1.29 is 273 Å². The Hall–Kier alpha value is -4.22. The van der Waals surface area contributed by atoms with Gasteiger partial charge in [-0.1, -0.05) is 102 Å². The van der Waals surface area contributed by atoms with E-state index < -0.39 is 11.4 Å². The van der Waals surface area contributed by atoms with Crippen LogP contribution in [0.3, 0.4) is 0 Å². The van der Waals surface area contributed by atoms with Crippen LogP contribution in [0.5, 0.6) is 17.2 Å². The normalized spacial score (nSPS) is 12.7. The summed E-state index contributed by atoms with van der Waals surface area (Å²) in [5.41, 5.74) is 13.0. The summed E-state index contributed by atoms with van der Waals surface area (Å²) < 4.78 is 122. The third kappa shape index (κ3) is 34.5. The Kier molecular flexibility index (Phi) is 55.0. The molecule has 4 N–H and O–H groups in total. The van der Waals surface area contributed by atoms with Crippen molar-refractivity contribution in [3.63, 3.8) is 0 Å². The number of carboxylic acids is 1. The number of hydrogen-bond acceptors (Lipinski definition) is 28. The number of hydrogen-bond donors (Lipinski definition) is 3. The molecule has 0 saturated carbocycles. The van der Waals surface area contributed by atoms with E-state index in [1.54, 1.807) is 45.6 Å². The Morgan fingerprint density at radius 1 is 0.325 bits per heavy atom. The van der Waals surface area contributed by atoms with E-state index in [0.717, 1.165) is 88.7 Å². The molecule has 0 amide bonds. The van der Waals surface area contributed by atoms with E-state index in [-0.39, 0.29) is 287 Å². The minimum absolute atomic E-state index is 0. The Bertz CT molecular complexity index is 4250. The second kappa shape index (κ2) is 62.9. The quantitative estimate of drug-likeness (QED) is 0.0364. The smallest absolute Gasteiger partial charge is 0.870 e. The van der Waals surface area contributed by atoms with E-state index in [9.17, 15) is 24.9 Å². The monoisotopic (exact) mass is 1950 g/mol. The van der Waals surface area contributed by atoms with Crippen molar-refractivity contribution in [2.45, 2.75) is 39.1 Å². The number of rotatable bonds is 67. The molecular weight excluding hydrogens is 1830 g/mol. The first-order valence-electron chi connectivity index (χ1n) is 40.8. The van der Waals surface area contributed by atoms with Crippen LogP contribution in [-0.4, -0.2) is 292 Å². The average molecular weight is 1950 g/mol. The molecule has 0 heterocycles. The molecule has 1 atom stereocenters. The van der Waals surface area contributed by atoms with Gasteiger partial charge in [0, 0.05) is 32.6 Å². The van der Waals surface area contributed by atoms with Crippen molar-refractivity contribution in [2.24, 2.45) is 0 Å². The molecule has 0 radical (unpaired) electrons. The topological polar surface area (TPSA) is 342 Å². The van der Waals surface area contributed by atoms with E-state index in [4.69, 9.17) is 105 Å². The number of methoxy groups -OCH3 is 3. The summed E-state index contributed by atoms with van der Waals surface area (Å²) in [7, 11) is 4.87. The summed E-state index contributed by atoms with van der Waals surface area (Å²) in [4.78, 5) is 26.6. The van der Waals surface area contributed by atoms with Crippen LogP contribution in [0.2, 0.25) is 0 Å². The van der Waals surface area contributed by atoms with Gasteiger partial charge in [0.25, 0.3) is 0 Å². The molecule has 0 spiro atoms. The predicted molar refractivity (Wildman–Crippen MR) is 450 cm³/mol. The molecule has 123 heavy (non-hydrogen) atoms. The number of carbonyl (C=O) groups excluding carboxylic acids is 2. The van der Waals surface area contributed by atoms with Crippen molar-refractivity contribution >= 4 is 23.0 Å². The number of aryl methyl sites for hydroxylation is 2. The minimum Gasteiger partial charge on any atom is -0.870 e. The zero-order valence-electron chi connectivity index (χ0n) is 72.4. The van der Waals surface area contributed by atoms with Crippen molar-refractivity contribution in [1.82, 2.24) is 0 Å².